The smallest absolute Gasteiger partial charge is 0.127 e. The molecule has 0 aromatic heterocycles. The van der Waals surface area contributed by atoms with Crippen LogP contribution in [0.15, 0.2) is 22.7 Å². The summed E-state index contributed by atoms with van der Waals surface area (Å²) < 4.78 is 14.7. The Morgan fingerprint density at radius 2 is 2.22 bits per heavy atom. The van der Waals surface area contributed by atoms with Gasteiger partial charge in [0.1, 0.15) is 5.82 Å². The molecule has 1 saturated heterocycles. The van der Waals surface area contributed by atoms with Crippen molar-refractivity contribution < 1.29 is 9.50 Å². The molecule has 1 aromatic rings. The van der Waals surface area contributed by atoms with Crippen LogP contribution in [0.2, 0.25) is 0 Å². The van der Waals surface area contributed by atoms with Gasteiger partial charge in [-0.1, -0.05) is 22.4 Å². The molecule has 0 radical (unpaired) electrons. The second-order valence-corrected chi connectivity index (χ2v) is 5.78. The summed E-state index contributed by atoms with van der Waals surface area (Å²) in [4.78, 5) is 2.30. The highest BCUT2D eigenvalue weighted by molar-refractivity contribution is 9.10. The summed E-state index contributed by atoms with van der Waals surface area (Å²) in [5.41, 5.74) is 0.731. The molecule has 0 bridgehead atoms. The SMILES string of the molecule is OCC[C@@H]1CCCCN1Cc1cc(Br)ccc1F. The largest absolute Gasteiger partial charge is 0.396 e. The van der Waals surface area contributed by atoms with Gasteiger partial charge in [-0.2, -0.15) is 0 Å². The van der Waals surface area contributed by atoms with Gasteiger partial charge in [-0.3, -0.25) is 4.90 Å². The molecule has 1 atom stereocenters. The summed E-state index contributed by atoms with van der Waals surface area (Å²) in [6, 6.07) is 5.46. The summed E-state index contributed by atoms with van der Waals surface area (Å²) in [7, 11) is 0. The lowest BCUT2D eigenvalue weighted by Gasteiger charge is -2.35. The van der Waals surface area contributed by atoms with E-state index in [0.29, 0.717) is 12.6 Å². The second-order valence-electron chi connectivity index (χ2n) is 4.87. The number of piperidine rings is 1. The Labute approximate surface area is 116 Å². The van der Waals surface area contributed by atoms with Gasteiger partial charge in [0.2, 0.25) is 0 Å². The molecule has 1 heterocycles. The minimum absolute atomic E-state index is 0.147. The number of rotatable bonds is 4. The Balaban J connectivity index is 2.08. The average Bonchev–Trinajstić information content (AvgIpc) is 2.36. The van der Waals surface area contributed by atoms with Gasteiger partial charge in [-0.25, -0.2) is 4.39 Å². The van der Waals surface area contributed by atoms with Crippen molar-refractivity contribution in [1.82, 2.24) is 4.90 Å². The Kier molecular flexibility index (Phi) is 5.15. The first-order valence-electron chi connectivity index (χ1n) is 6.49. The molecule has 2 nitrogen and oxygen atoms in total. The zero-order valence-corrected chi connectivity index (χ0v) is 12.0. The lowest BCUT2D eigenvalue weighted by molar-refractivity contribution is 0.111. The molecule has 1 fully saturated rings. The standard InChI is InChI=1S/C14H19BrFNO/c15-12-4-5-14(16)11(9-12)10-17-7-2-1-3-13(17)6-8-18/h4-5,9,13,18H,1-3,6-8,10H2/t13-/m0/s1. The van der Waals surface area contributed by atoms with Crippen molar-refractivity contribution in [2.75, 3.05) is 13.2 Å². The Morgan fingerprint density at radius 3 is 3.00 bits per heavy atom. The van der Waals surface area contributed by atoms with Gasteiger partial charge in [-0.15, -0.1) is 0 Å². The molecular weight excluding hydrogens is 297 g/mol. The highest BCUT2D eigenvalue weighted by atomic mass is 79.9. The van der Waals surface area contributed by atoms with E-state index in [1.54, 1.807) is 6.07 Å². The van der Waals surface area contributed by atoms with Crippen LogP contribution in [-0.4, -0.2) is 29.2 Å². The number of nitrogens with zero attached hydrogens (tertiary/aromatic N) is 1. The van der Waals surface area contributed by atoms with E-state index in [9.17, 15) is 4.39 Å². The Bertz CT molecular complexity index is 397. The maximum absolute atomic E-state index is 13.7. The Morgan fingerprint density at radius 1 is 1.39 bits per heavy atom. The van der Waals surface area contributed by atoms with Crippen molar-refractivity contribution >= 4 is 15.9 Å². The van der Waals surface area contributed by atoms with E-state index in [-0.39, 0.29) is 12.4 Å². The van der Waals surface area contributed by atoms with Crippen LogP contribution in [0.5, 0.6) is 0 Å². The molecule has 1 aliphatic heterocycles. The first-order valence-corrected chi connectivity index (χ1v) is 7.29. The van der Waals surface area contributed by atoms with Gasteiger partial charge in [0, 0.05) is 29.2 Å². The number of aliphatic hydroxyl groups is 1. The molecule has 0 aliphatic carbocycles. The van der Waals surface area contributed by atoms with E-state index >= 15 is 0 Å². The molecule has 0 amide bonds. The fraction of sp³-hybridized carbons (Fsp3) is 0.571. The highest BCUT2D eigenvalue weighted by Gasteiger charge is 2.22. The lowest BCUT2D eigenvalue weighted by atomic mass is 9.99. The van der Waals surface area contributed by atoms with Crippen molar-refractivity contribution in [1.29, 1.82) is 0 Å². The van der Waals surface area contributed by atoms with Crippen LogP contribution < -0.4 is 0 Å². The van der Waals surface area contributed by atoms with E-state index in [2.05, 4.69) is 20.8 Å². The summed E-state index contributed by atoms with van der Waals surface area (Å²) >= 11 is 3.38. The third-order valence-corrected chi connectivity index (χ3v) is 4.09. The van der Waals surface area contributed by atoms with E-state index < -0.39 is 0 Å². The van der Waals surface area contributed by atoms with Crippen molar-refractivity contribution in [2.24, 2.45) is 0 Å². The van der Waals surface area contributed by atoms with E-state index in [1.165, 1.54) is 12.5 Å². The van der Waals surface area contributed by atoms with Gasteiger partial charge in [-0.05, 0) is 44.0 Å². The lowest BCUT2D eigenvalue weighted by Crippen LogP contribution is -2.39. The van der Waals surface area contributed by atoms with Crippen LogP contribution in [0, 0.1) is 5.82 Å². The maximum atomic E-state index is 13.7. The van der Waals surface area contributed by atoms with Crippen LogP contribution in [0.3, 0.4) is 0 Å². The average molecular weight is 316 g/mol. The maximum Gasteiger partial charge on any atom is 0.127 e. The van der Waals surface area contributed by atoms with Gasteiger partial charge in [0.15, 0.2) is 0 Å². The second kappa shape index (κ2) is 6.64. The van der Waals surface area contributed by atoms with Crippen molar-refractivity contribution in [2.45, 2.75) is 38.3 Å². The predicted octanol–water partition coefficient (Wildman–Crippen LogP) is 3.33. The molecule has 4 heteroatoms. The van der Waals surface area contributed by atoms with Gasteiger partial charge < -0.3 is 5.11 Å². The minimum atomic E-state index is -0.147. The van der Waals surface area contributed by atoms with Gasteiger partial charge in [0.25, 0.3) is 0 Å². The number of benzene rings is 1. The van der Waals surface area contributed by atoms with Crippen LogP contribution in [0.1, 0.15) is 31.2 Å². The number of hydrogen-bond donors (Lipinski definition) is 1. The van der Waals surface area contributed by atoms with Crippen LogP contribution in [0.25, 0.3) is 0 Å². The first kappa shape index (κ1) is 14.0. The van der Waals surface area contributed by atoms with Gasteiger partial charge in [0.05, 0.1) is 0 Å². The molecule has 100 valence electrons. The minimum Gasteiger partial charge on any atom is -0.396 e. The summed E-state index contributed by atoms with van der Waals surface area (Å²) in [5.74, 6) is -0.147. The predicted molar refractivity (Wildman–Crippen MR) is 73.9 cm³/mol. The molecule has 0 unspecified atom stereocenters. The fourth-order valence-electron chi connectivity index (χ4n) is 2.63. The number of aliphatic hydroxyl groups excluding tert-OH is 1. The van der Waals surface area contributed by atoms with E-state index in [1.807, 2.05) is 6.07 Å². The fourth-order valence-corrected chi connectivity index (χ4v) is 3.04. The molecule has 1 N–H and O–H groups in total. The molecule has 1 aromatic carbocycles. The van der Waals surface area contributed by atoms with Crippen molar-refractivity contribution in [3.05, 3.63) is 34.1 Å². The van der Waals surface area contributed by atoms with Crippen LogP contribution >= 0.6 is 15.9 Å². The van der Waals surface area contributed by atoms with Crippen LogP contribution in [0.4, 0.5) is 4.39 Å². The topological polar surface area (TPSA) is 23.5 Å². The third kappa shape index (κ3) is 3.53. The number of halogens is 2. The van der Waals surface area contributed by atoms with Crippen molar-refractivity contribution in [3.8, 4) is 0 Å². The monoisotopic (exact) mass is 315 g/mol. The van der Waals surface area contributed by atoms with E-state index in [0.717, 1.165) is 35.8 Å². The third-order valence-electron chi connectivity index (χ3n) is 3.59. The van der Waals surface area contributed by atoms with Gasteiger partial charge >= 0.3 is 0 Å². The molecule has 0 spiro atoms. The van der Waals surface area contributed by atoms with E-state index in [4.69, 9.17) is 5.11 Å². The summed E-state index contributed by atoms with van der Waals surface area (Å²) in [6.45, 7) is 1.84. The highest BCUT2D eigenvalue weighted by Crippen LogP contribution is 2.24. The molecule has 18 heavy (non-hydrogen) atoms. The molecule has 0 saturated carbocycles. The molecule has 1 aliphatic rings. The Hall–Kier alpha value is -0.450. The quantitative estimate of drug-likeness (QED) is 0.921. The summed E-state index contributed by atoms with van der Waals surface area (Å²) in [6.07, 6.45) is 4.27. The van der Waals surface area contributed by atoms with Crippen LogP contribution in [-0.2, 0) is 6.54 Å². The first-order chi connectivity index (χ1) is 8.70. The molecular formula is C14H19BrFNO. The zero-order valence-electron chi connectivity index (χ0n) is 10.4. The molecule has 2 rings (SSSR count). The number of hydrogen-bond acceptors (Lipinski definition) is 2. The zero-order chi connectivity index (χ0) is 13.0. The van der Waals surface area contributed by atoms with Crippen molar-refractivity contribution in [3.63, 3.8) is 0 Å². The summed E-state index contributed by atoms with van der Waals surface area (Å²) in [5, 5.41) is 9.09. The normalized spacial score (nSPS) is 21.2. The number of likely N-dealkylation sites (tertiary alicyclic amines) is 1.